The van der Waals surface area contributed by atoms with Gasteiger partial charge in [-0.3, -0.25) is 0 Å². The summed E-state index contributed by atoms with van der Waals surface area (Å²) in [5.74, 6) is 1.21. The lowest BCUT2D eigenvalue weighted by Gasteiger charge is -2.27. The summed E-state index contributed by atoms with van der Waals surface area (Å²) in [4.78, 5) is 13.6. The lowest BCUT2D eigenvalue weighted by molar-refractivity contribution is 0.000577. The first-order valence-electron chi connectivity index (χ1n) is 11.6. The van der Waals surface area contributed by atoms with Gasteiger partial charge in [-0.05, 0) is 12.5 Å². The van der Waals surface area contributed by atoms with Gasteiger partial charge in [-0.15, -0.1) is 11.3 Å². The van der Waals surface area contributed by atoms with Crippen molar-refractivity contribution in [2.75, 3.05) is 25.6 Å². The number of anilines is 1. The Kier molecular flexibility index (Phi) is 7.14. The fraction of sp³-hybridized carbons (Fsp3) is 0.320. The van der Waals surface area contributed by atoms with Crippen LogP contribution in [0.2, 0.25) is 0 Å². The van der Waals surface area contributed by atoms with Gasteiger partial charge in [-0.25, -0.2) is 15.0 Å². The number of benzene rings is 1. The number of guanidine groups is 1. The van der Waals surface area contributed by atoms with Gasteiger partial charge < -0.3 is 36.0 Å². The first-order valence-corrected chi connectivity index (χ1v) is 12.5. The van der Waals surface area contributed by atoms with Crippen molar-refractivity contribution in [3.05, 3.63) is 64.9 Å². The number of aliphatic hydroxyl groups excluding tert-OH is 3. The second kappa shape index (κ2) is 10.6. The van der Waals surface area contributed by atoms with Crippen LogP contribution in [0.25, 0.3) is 16.8 Å². The molecule has 4 atom stereocenters. The van der Waals surface area contributed by atoms with E-state index in [0.29, 0.717) is 30.6 Å². The molecule has 1 aromatic carbocycles. The molecule has 1 saturated carbocycles. The Bertz CT molecular complexity index is 1260. The molecule has 1 fully saturated rings. The summed E-state index contributed by atoms with van der Waals surface area (Å²) >= 11 is 1.51. The number of nitrogens with zero attached hydrogens (tertiary/aromatic N) is 3. The lowest BCUT2D eigenvalue weighted by atomic mass is 10.1. The highest BCUT2D eigenvalue weighted by atomic mass is 32.1. The second-order valence-electron chi connectivity index (χ2n) is 8.67. The number of pyridine rings is 1. The third kappa shape index (κ3) is 5.05. The van der Waals surface area contributed by atoms with Crippen LogP contribution in [0, 0.1) is 5.92 Å². The zero-order valence-electron chi connectivity index (χ0n) is 19.6. The van der Waals surface area contributed by atoms with E-state index in [1.165, 1.54) is 11.3 Å². The van der Waals surface area contributed by atoms with E-state index in [9.17, 15) is 15.3 Å². The van der Waals surface area contributed by atoms with Crippen LogP contribution in [0.15, 0.2) is 64.9 Å². The lowest BCUT2D eigenvalue weighted by Crippen LogP contribution is -2.47. The maximum absolute atomic E-state index is 10.6. The van der Waals surface area contributed by atoms with Gasteiger partial charge in [-0.1, -0.05) is 30.3 Å². The summed E-state index contributed by atoms with van der Waals surface area (Å²) in [6, 6.07) is 13.0. The molecule has 36 heavy (non-hydrogen) atoms. The molecule has 5 rings (SSSR count). The monoisotopic (exact) mass is 508 g/mol. The minimum Gasteiger partial charge on any atom is -0.481 e. The molecule has 0 unspecified atom stereocenters. The van der Waals surface area contributed by atoms with Crippen molar-refractivity contribution in [3.63, 3.8) is 0 Å². The fourth-order valence-electron chi connectivity index (χ4n) is 4.36. The van der Waals surface area contributed by atoms with Crippen molar-refractivity contribution in [1.82, 2.24) is 20.6 Å². The second-order valence-corrected chi connectivity index (χ2v) is 9.53. The molecule has 2 aromatic heterocycles. The number of ether oxygens (including phenoxy) is 1. The van der Waals surface area contributed by atoms with Gasteiger partial charge in [-0.2, -0.15) is 0 Å². The summed E-state index contributed by atoms with van der Waals surface area (Å²) in [6.07, 6.45) is 0.0388. The van der Waals surface area contributed by atoms with Crippen molar-refractivity contribution in [3.8, 4) is 17.1 Å². The quantitative estimate of drug-likeness (QED) is 0.281. The van der Waals surface area contributed by atoms with Gasteiger partial charge in [0.25, 0.3) is 0 Å². The fourth-order valence-corrected chi connectivity index (χ4v) is 5.23. The number of hydrogen-bond donors (Lipinski definition) is 6. The molecular weight excluding hydrogens is 480 g/mol. The maximum Gasteiger partial charge on any atom is 0.214 e. The van der Waals surface area contributed by atoms with Gasteiger partial charge in [0.2, 0.25) is 11.8 Å². The van der Waals surface area contributed by atoms with Crippen molar-refractivity contribution >= 4 is 28.6 Å². The van der Waals surface area contributed by atoms with Crippen molar-refractivity contribution in [1.29, 1.82) is 0 Å². The third-order valence-electron chi connectivity index (χ3n) is 6.35. The topological polar surface area (TPSA) is 144 Å². The van der Waals surface area contributed by atoms with Crippen LogP contribution in [0.3, 0.4) is 0 Å². The van der Waals surface area contributed by atoms with Gasteiger partial charge in [0.05, 0.1) is 31.5 Å². The molecule has 0 radical (unpaired) electrons. The molecule has 0 amide bonds. The normalized spacial score (nSPS) is 23.7. The number of hydrogen-bond acceptors (Lipinski definition) is 11. The molecule has 3 heterocycles. The van der Waals surface area contributed by atoms with Crippen LogP contribution in [0.5, 0.6) is 5.88 Å². The van der Waals surface area contributed by atoms with Gasteiger partial charge >= 0.3 is 0 Å². The average molecular weight is 509 g/mol. The predicted molar refractivity (Wildman–Crippen MR) is 138 cm³/mol. The molecule has 188 valence electrons. The molecule has 1 aliphatic carbocycles. The number of aromatic nitrogens is 2. The van der Waals surface area contributed by atoms with Crippen molar-refractivity contribution in [2.45, 2.75) is 24.7 Å². The zero-order valence-corrected chi connectivity index (χ0v) is 20.4. The molecule has 10 nitrogen and oxygen atoms in total. The number of methoxy groups -OCH3 is 1. The van der Waals surface area contributed by atoms with Crippen molar-refractivity contribution < 1.29 is 20.1 Å². The summed E-state index contributed by atoms with van der Waals surface area (Å²) in [6.45, 7) is 0.150. The molecule has 1 aliphatic heterocycles. The van der Waals surface area contributed by atoms with Crippen LogP contribution >= 0.6 is 11.3 Å². The molecular formula is C25H28N6O4S. The minimum absolute atomic E-state index is 0.194. The summed E-state index contributed by atoms with van der Waals surface area (Å²) in [5.41, 5.74) is 3.48. The van der Waals surface area contributed by atoms with Crippen LogP contribution in [0.4, 0.5) is 5.69 Å². The highest BCUT2D eigenvalue weighted by molar-refractivity contribution is 7.11. The SMILES string of the molecule is COc1cc(NC2=NCC(c3nc(-c4ccccc4)cs3)=C(N[C@@H]3C[C@H](CO)[C@@H](O)[C@H]3O)N2)ccn1. The van der Waals surface area contributed by atoms with E-state index in [0.717, 1.165) is 27.5 Å². The molecule has 3 aromatic rings. The van der Waals surface area contributed by atoms with E-state index in [4.69, 9.17) is 9.72 Å². The Morgan fingerprint density at radius 2 is 2.00 bits per heavy atom. The highest BCUT2D eigenvalue weighted by Gasteiger charge is 2.41. The molecule has 2 aliphatic rings. The van der Waals surface area contributed by atoms with Crippen LogP contribution < -0.4 is 20.7 Å². The summed E-state index contributed by atoms with van der Waals surface area (Å²) in [7, 11) is 1.55. The molecule has 6 N–H and O–H groups in total. The average Bonchev–Trinajstić information content (AvgIpc) is 3.50. The first kappa shape index (κ1) is 24.2. The highest BCUT2D eigenvalue weighted by Crippen LogP contribution is 2.31. The molecule has 0 spiro atoms. The molecule has 11 heteroatoms. The first-order chi connectivity index (χ1) is 17.6. The van der Waals surface area contributed by atoms with Crippen LogP contribution in [-0.2, 0) is 0 Å². The number of aliphatic hydroxyl groups is 3. The van der Waals surface area contributed by atoms with Gasteiger partial charge in [0.1, 0.15) is 16.9 Å². The minimum atomic E-state index is -1.02. The van der Waals surface area contributed by atoms with E-state index >= 15 is 0 Å². The summed E-state index contributed by atoms with van der Waals surface area (Å²) < 4.78 is 5.20. The van der Waals surface area contributed by atoms with Gasteiger partial charge in [0.15, 0.2) is 0 Å². The van der Waals surface area contributed by atoms with E-state index in [1.54, 1.807) is 25.4 Å². The van der Waals surface area contributed by atoms with Crippen LogP contribution in [-0.4, -0.2) is 69.8 Å². The third-order valence-corrected chi connectivity index (χ3v) is 7.25. The van der Waals surface area contributed by atoms with E-state index in [2.05, 4.69) is 25.9 Å². The maximum atomic E-state index is 10.6. The van der Waals surface area contributed by atoms with E-state index in [-0.39, 0.29) is 6.61 Å². The zero-order chi connectivity index (χ0) is 25.1. The Morgan fingerprint density at radius 1 is 1.17 bits per heavy atom. The molecule has 0 saturated heterocycles. The summed E-state index contributed by atoms with van der Waals surface area (Å²) in [5, 5.41) is 43.2. The number of nitrogens with one attached hydrogen (secondary N) is 3. The largest absolute Gasteiger partial charge is 0.481 e. The van der Waals surface area contributed by atoms with E-state index < -0.39 is 24.2 Å². The smallest absolute Gasteiger partial charge is 0.214 e. The Balaban J connectivity index is 1.42. The van der Waals surface area contributed by atoms with Crippen LogP contribution in [0.1, 0.15) is 11.4 Å². The Morgan fingerprint density at radius 3 is 2.75 bits per heavy atom. The molecule has 0 bridgehead atoms. The van der Waals surface area contributed by atoms with Gasteiger partial charge in [0, 0.05) is 47.0 Å². The van der Waals surface area contributed by atoms with E-state index in [1.807, 2.05) is 35.7 Å². The Hall–Kier alpha value is -3.51. The number of rotatable bonds is 7. The standard InChI is InChI=1S/C25H28N6O4S/c1-35-20-10-16(7-8-26-20)28-25-27-11-17(24-30-19(13-36-24)14-5-3-2-4-6-14)23(31-25)29-18-9-15(12-32)21(33)22(18)34/h2-8,10,13,15,18,21-22,29,32-34H,9,11-12H2,1H3,(H2,26,27,28,31)/t15-,18-,21-,22+/m1/s1. The number of aliphatic imine (C=N–C) groups is 1. The predicted octanol–water partition coefficient (Wildman–Crippen LogP) is 1.65. The number of thiazole rings is 1. The Labute approximate surface area is 212 Å². The van der Waals surface area contributed by atoms with Crippen molar-refractivity contribution in [2.24, 2.45) is 10.9 Å².